The molecule has 96 valence electrons. The zero-order chi connectivity index (χ0) is 12.0. The van der Waals surface area contributed by atoms with Crippen LogP contribution in [0.5, 0.6) is 0 Å². The van der Waals surface area contributed by atoms with Crippen LogP contribution >= 0.6 is 0 Å². The molecule has 0 amide bonds. The van der Waals surface area contributed by atoms with E-state index in [2.05, 4.69) is 30.2 Å². The molecule has 1 N–H and O–H groups in total. The van der Waals surface area contributed by atoms with Gasteiger partial charge in [-0.15, -0.1) is 0 Å². The maximum Gasteiger partial charge on any atom is 0.0207 e. The van der Waals surface area contributed by atoms with Crippen LogP contribution in [-0.2, 0) is 5.41 Å². The normalized spacial score (nSPS) is 22.9. The second-order valence-electron chi connectivity index (χ2n) is 5.97. The Labute approximate surface area is 106 Å². The highest BCUT2D eigenvalue weighted by Crippen LogP contribution is 2.35. The number of rotatable bonds is 1. The molecule has 0 atom stereocenters. The molecule has 0 spiro atoms. The highest BCUT2D eigenvalue weighted by atomic mass is 14.7. The molecule has 1 aromatic heterocycles. The molecule has 1 aliphatic carbocycles. The molecule has 1 saturated carbocycles. The van der Waals surface area contributed by atoms with Gasteiger partial charge in [-0.3, -0.25) is 0 Å². The van der Waals surface area contributed by atoms with Gasteiger partial charge < -0.3 is 4.98 Å². The summed E-state index contributed by atoms with van der Waals surface area (Å²) in [6.07, 6.45) is 16.2. The van der Waals surface area contributed by atoms with Gasteiger partial charge >= 0.3 is 0 Å². The molecule has 1 heteroatoms. The maximum atomic E-state index is 3.45. The Kier molecular flexibility index (Phi) is 4.70. The third-order valence-electron chi connectivity index (χ3n) is 4.46. The van der Waals surface area contributed by atoms with Gasteiger partial charge in [-0.25, -0.2) is 0 Å². The maximum absolute atomic E-state index is 3.45. The summed E-state index contributed by atoms with van der Waals surface area (Å²) in [6.45, 7) is 2.46. The van der Waals surface area contributed by atoms with Gasteiger partial charge in [0.15, 0.2) is 0 Å². The topological polar surface area (TPSA) is 15.8 Å². The standard InChI is InChI=1S/C16H27N/c1-16(15-11-10-14-17-15)12-8-6-4-2-3-5-7-9-13-16/h10-11,14,17H,2-9,12-13H2,1H3. The van der Waals surface area contributed by atoms with Gasteiger partial charge in [-0.05, 0) is 25.0 Å². The van der Waals surface area contributed by atoms with E-state index in [9.17, 15) is 0 Å². The fourth-order valence-electron chi connectivity index (χ4n) is 3.19. The van der Waals surface area contributed by atoms with E-state index < -0.39 is 0 Å². The number of hydrogen-bond acceptors (Lipinski definition) is 0. The zero-order valence-corrected chi connectivity index (χ0v) is 11.3. The van der Waals surface area contributed by atoms with Crippen molar-refractivity contribution in [1.29, 1.82) is 0 Å². The first-order valence-corrected chi connectivity index (χ1v) is 7.45. The molecule has 1 fully saturated rings. The van der Waals surface area contributed by atoms with Crippen LogP contribution in [0, 0.1) is 0 Å². The molecule has 1 heterocycles. The lowest BCUT2D eigenvalue weighted by Gasteiger charge is -2.29. The quantitative estimate of drug-likeness (QED) is 0.687. The first-order chi connectivity index (χ1) is 8.31. The summed E-state index contributed by atoms with van der Waals surface area (Å²) in [4.78, 5) is 3.45. The molecule has 2 rings (SSSR count). The summed E-state index contributed by atoms with van der Waals surface area (Å²) in [5.41, 5.74) is 1.85. The van der Waals surface area contributed by atoms with Crippen LogP contribution in [0.1, 0.15) is 76.8 Å². The van der Waals surface area contributed by atoms with E-state index in [0.29, 0.717) is 5.41 Å². The first-order valence-electron chi connectivity index (χ1n) is 7.45. The van der Waals surface area contributed by atoms with Crippen LogP contribution in [0.2, 0.25) is 0 Å². The SMILES string of the molecule is CC1(c2ccc[nH]2)CCCCCCCCCC1. The minimum Gasteiger partial charge on any atom is -0.365 e. The molecule has 0 radical (unpaired) electrons. The van der Waals surface area contributed by atoms with Gasteiger partial charge in [0.1, 0.15) is 0 Å². The minimum atomic E-state index is 0.397. The summed E-state index contributed by atoms with van der Waals surface area (Å²) >= 11 is 0. The molecule has 1 aliphatic rings. The summed E-state index contributed by atoms with van der Waals surface area (Å²) in [7, 11) is 0. The van der Waals surface area contributed by atoms with Crippen molar-refractivity contribution in [1.82, 2.24) is 4.98 Å². The monoisotopic (exact) mass is 233 g/mol. The highest BCUT2D eigenvalue weighted by molar-refractivity contribution is 5.16. The van der Waals surface area contributed by atoms with E-state index in [1.54, 1.807) is 0 Å². The van der Waals surface area contributed by atoms with E-state index >= 15 is 0 Å². The van der Waals surface area contributed by atoms with E-state index in [1.165, 1.54) is 69.9 Å². The van der Waals surface area contributed by atoms with Crippen LogP contribution < -0.4 is 0 Å². The molecule has 0 saturated heterocycles. The van der Waals surface area contributed by atoms with Gasteiger partial charge in [0.05, 0.1) is 0 Å². The molecule has 17 heavy (non-hydrogen) atoms. The van der Waals surface area contributed by atoms with Crippen LogP contribution in [0.4, 0.5) is 0 Å². The van der Waals surface area contributed by atoms with Gasteiger partial charge in [-0.2, -0.15) is 0 Å². The number of hydrogen-bond donors (Lipinski definition) is 1. The minimum absolute atomic E-state index is 0.397. The Morgan fingerprint density at radius 3 is 1.88 bits per heavy atom. The Morgan fingerprint density at radius 1 is 0.882 bits per heavy atom. The lowest BCUT2D eigenvalue weighted by Crippen LogP contribution is -2.22. The summed E-state index contributed by atoms with van der Waals surface area (Å²) in [5.74, 6) is 0. The average Bonchev–Trinajstić information content (AvgIpc) is 2.84. The highest BCUT2D eigenvalue weighted by Gasteiger charge is 2.26. The molecule has 1 aromatic rings. The molecule has 0 aliphatic heterocycles. The summed E-state index contributed by atoms with van der Waals surface area (Å²) in [5, 5.41) is 0. The first kappa shape index (κ1) is 12.7. The van der Waals surface area contributed by atoms with Crippen molar-refractivity contribution in [2.75, 3.05) is 0 Å². The van der Waals surface area contributed by atoms with Gasteiger partial charge in [0.25, 0.3) is 0 Å². The second-order valence-corrected chi connectivity index (χ2v) is 5.97. The number of H-pyrrole nitrogens is 1. The average molecular weight is 233 g/mol. The Morgan fingerprint density at radius 2 is 1.41 bits per heavy atom. The predicted molar refractivity (Wildman–Crippen MR) is 74.3 cm³/mol. The molecular formula is C16H27N. The Hall–Kier alpha value is -0.720. The van der Waals surface area contributed by atoms with Crippen molar-refractivity contribution in [3.05, 3.63) is 24.0 Å². The Balaban J connectivity index is 2.01. The van der Waals surface area contributed by atoms with Crippen molar-refractivity contribution in [2.45, 2.75) is 76.5 Å². The largest absolute Gasteiger partial charge is 0.365 e. The zero-order valence-electron chi connectivity index (χ0n) is 11.3. The molecule has 0 aromatic carbocycles. The summed E-state index contributed by atoms with van der Waals surface area (Å²) in [6, 6.07) is 4.42. The fourth-order valence-corrected chi connectivity index (χ4v) is 3.19. The van der Waals surface area contributed by atoms with Crippen LogP contribution in [0.3, 0.4) is 0 Å². The number of aromatic nitrogens is 1. The summed E-state index contributed by atoms with van der Waals surface area (Å²) < 4.78 is 0. The van der Waals surface area contributed by atoms with Crippen molar-refractivity contribution < 1.29 is 0 Å². The third kappa shape index (κ3) is 3.62. The second kappa shape index (κ2) is 6.28. The fraction of sp³-hybridized carbons (Fsp3) is 0.750. The van der Waals surface area contributed by atoms with Gasteiger partial charge in [0.2, 0.25) is 0 Å². The Bertz CT molecular complexity index is 287. The smallest absolute Gasteiger partial charge is 0.0207 e. The predicted octanol–water partition coefficient (Wildman–Crippen LogP) is 5.19. The van der Waals surface area contributed by atoms with Crippen LogP contribution in [-0.4, -0.2) is 4.98 Å². The van der Waals surface area contributed by atoms with Gasteiger partial charge in [-0.1, -0.05) is 58.3 Å². The van der Waals surface area contributed by atoms with E-state index in [1.807, 2.05) is 0 Å². The van der Waals surface area contributed by atoms with Crippen molar-refractivity contribution >= 4 is 0 Å². The molecular weight excluding hydrogens is 206 g/mol. The lowest BCUT2D eigenvalue weighted by atomic mass is 9.77. The van der Waals surface area contributed by atoms with Gasteiger partial charge in [0, 0.05) is 17.3 Å². The van der Waals surface area contributed by atoms with Crippen LogP contribution in [0.25, 0.3) is 0 Å². The van der Waals surface area contributed by atoms with Crippen molar-refractivity contribution in [2.24, 2.45) is 0 Å². The number of aromatic amines is 1. The molecule has 1 nitrogen and oxygen atoms in total. The third-order valence-corrected chi connectivity index (χ3v) is 4.46. The van der Waals surface area contributed by atoms with E-state index in [-0.39, 0.29) is 0 Å². The van der Waals surface area contributed by atoms with Crippen molar-refractivity contribution in [3.8, 4) is 0 Å². The van der Waals surface area contributed by atoms with E-state index in [0.717, 1.165) is 0 Å². The molecule has 0 bridgehead atoms. The lowest BCUT2D eigenvalue weighted by molar-refractivity contribution is 0.362. The van der Waals surface area contributed by atoms with Crippen LogP contribution in [0.15, 0.2) is 18.3 Å². The molecule has 0 unspecified atom stereocenters. The van der Waals surface area contributed by atoms with Crippen molar-refractivity contribution in [3.63, 3.8) is 0 Å². The number of nitrogens with one attached hydrogen (secondary N) is 1. The van der Waals surface area contributed by atoms with E-state index in [4.69, 9.17) is 0 Å².